The highest BCUT2D eigenvalue weighted by atomic mass is 35.7. The van der Waals surface area contributed by atoms with Crippen molar-refractivity contribution in [1.82, 2.24) is 0 Å². The second kappa shape index (κ2) is 7.31. The molecule has 0 saturated carbocycles. The highest BCUT2D eigenvalue weighted by Gasteiger charge is 2.18. The number of aryl methyl sites for hydroxylation is 3. The Morgan fingerprint density at radius 2 is 1.41 bits per heavy atom. The monoisotopic (exact) mass is 322 g/mol. The molecule has 0 aliphatic rings. The first-order valence-corrected chi connectivity index (χ1v) is 7.48. The molecule has 116 valence electrons. The fraction of sp³-hybridized carbons (Fsp3) is 0.200. The Morgan fingerprint density at radius 1 is 0.955 bits per heavy atom. The topological polar surface area (TPSA) is 120 Å². The zero-order valence-electron chi connectivity index (χ0n) is 12.4. The zero-order valence-corrected chi connectivity index (χ0v) is 13.1. The molecule has 0 unspecified atom stereocenters. The number of para-hydroxylation sites is 1. The van der Waals surface area contributed by atoms with Crippen molar-refractivity contribution in [2.24, 2.45) is 0 Å². The molecule has 0 aliphatic carbocycles. The summed E-state index contributed by atoms with van der Waals surface area (Å²) in [5.74, 6) is 0. The third-order valence-electron chi connectivity index (χ3n) is 2.84. The maximum Gasteiger partial charge on any atom is 0.228 e. The third-order valence-corrected chi connectivity index (χ3v) is 2.84. The fourth-order valence-electron chi connectivity index (χ4n) is 2.25. The summed E-state index contributed by atoms with van der Waals surface area (Å²) in [7, 11) is -4.94. The van der Waals surface area contributed by atoms with Crippen molar-refractivity contribution < 1.29 is 33.4 Å². The molecule has 0 aliphatic heterocycles. The van der Waals surface area contributed by atoms with Crippen molar-refractivity contribution >= 4 is 0 Å². The molecule has 7 heteroatoms. The number of benzene rings is 1. The number of hydrogen-bond acceptors (Lipinski definition) is 5. The summed E-state index contributed by atoms with van der Waals surface area (Å²) in [5.41, 5.74) is 5.18. The first-order valence-electron chi connectivity index (χ1n) is 6.24. The van der Waals surface area contributed by atoms with Crippen LogP contribution < -0.4 is 23.2 Å². The minimum Gasteiger partial charge on any atom is -0.222 e. The first kappa shape index (κ1) is 18.0. The second-order valence-electron chi connectivity index (χ2n) is 4.66. The Kier molecular flexibility index (Phi) is 6.00. The van der Waals surface area contributed by atoms with Crippen LogP contribution in [-0.2, 0) is 0 Å². The van der Waals surface area contributed by atoms with Crippen LogP contribution in [-0.4, -0.2) is 0 Å². The van der Waals surface area contributed by atoms with E-state index in [1.54, 1.807) is 0 Å². The van der Waals surface area contributed by atoms with Gasteiger partial charge in [0.05, 0.1) is 0 Å². The van der Waals surface area contributed by atoms with Crippen LogP contribution in [0.4, 0.5) is 0 Å². The molecule has 0 saturated heterocycles. The van der Waals surface area contributed by atoms with Gasteiger partial charge in [-0.1, -0.05) is 12.1 Å². The van der Waals surface area contributed by atoms with Crippen LogP contribution in [0.1, 0.15) is 22.5 Å². The summed E-state index contributed by atoms with van der Waals surface area (Å²) in [6.07, 6.45) is 0. The van der Waals surface area contributed by atoms with Crippen molar-refractivity contribution in [3.63, 3.8) is 0 Å². The first-order chi connectivity index (χ1) is 10.1. The number of rotatable bonds is 1. The maximum atomic E-state index is 9.15. The van der Waals surface area contributed by atoms with E-state index < -0.39 is 10.2 Å². The Bertz CT molecular complexity index is 676. The van der Waals surface area contributed by atoms with Gasteiger partial charge in [-0.2, -0.15) is 9.83 Å². The smallest absolute Gasteiger partial charge is 0.222 e. The van der Waals surface area contributed by atoms with Crippen molar-refractivity contribution in [2.45, 2.75) is 20.8 Å². The lowest BCUT2D eigenvalue weighted by atomic mass is 10.1. The molecular formula is C15H15ClN2O4. The second-order valence-corrected chi connectivity index (χ2v) is 5.41. The molecule has 2 rings (SSSR count). The summed E-state index contributed by atoms with van der Waals surface area (Å²) in [6.45, 7) is 6.21. The van der Waals surface area contributed by atoms with Gasteiger partial charge in [-0.15, -0.1) is 10.2 Å². The predicted octanol–water partition coefficient (Wildman–Crippen LogP) is -2.00. The fourth-order valence-corrected chi connectivity index (χ4v) is 2.25. The Morgan fingerprint density at radius 3 is 1.86 bits per heavy atom. The Balaban J connectivity index is 0.000000422. The van der Waals surface area contributed by atoms with Gasteiger partial charge in [0.1, 0.15) is 11.6 Å². The Hall–Kier alpha value is -2.01. The maximum absolute atomic E-state index is 9.15. The third kappa shape index (κ3) is 5.41. The van der Waals surface area contributed by atoms with Gasteiger partial charge in [0.25, 0.3) is 0 Å². The molecule has 0 atom stereocenters. The molecule has 0 amide bonds. The average molecular weight is 323 g/mol. The van der Waals surface area contributed by atoms with E-state index in [-0.39, 0.29) is 0 Å². The van der Waals surface area contributed by atoms with Crippen LogP contribution >= 0.6 is 0 Å². The average Bonchev–Trinajstić information content (AvgIpc) is 2.36. The van der Waals surface area contributed by atoms with E-state index >= 15 is 0 Å². The summed E-state index contributed by atoms with van der Waals surface area (Å²) in [6, 6.07) is 14.2. The number of nitrogens with zero attached hydrogens (tertiary/aromatic N) is 2. The van der Waals surface area contributed by atoms with Crippen molar-refractivity contribution in [2.75, 3.05) is 0 Å². The van der Waals surface area contributed by atoms with Gasteiger partial charge in [0.2, 0.25) is 5.69 Å². The number of aromatic nitrogens is 1. The van der Waals surface area contributed by atoms with Gasteiger partial charge >= 0.3 is 0 Å². The van der Waals surface area contributed by atoms with Crippen molar-refractivity contribution in [3.05, 3.63) is 58.9 Å². The van der Waals surface area contributed by atoms with Crippen molar-refractivity contribution in [1.29, 1.82) is 5.26 Å². The highest BCUT2D eigenvalue weighted by molar-refractivity contribution is 5.43. The minimum atomic E-state index is -4.94. The van der Waals surface area contributed by atoms with E-state index in [2.05, 4.69) is 43.5 Å². The summed E-state index contributed by atoms with van der Waals surface area (Å²) in [5, 5.41) is 9.15. The molecule has 0 spiro atoms. The van der Waals surface area contributed by atoms with E-state index in [0.717, 1.165) is 17.1 Å². The van der Waals surface area contributed by atoms with Crippen LogP contribution in [0.2, 0.25) is 0 Å². The Labute approximate surface area is 130 Å². The number of pyridine rings is 1. The molecule has 1 aromatic heterocycles. The molecule has 2 aromatic rings. The van der Waals surface area contributed by atoms with Crippen LogP contribution in [0.5, 0.6) is 0 Å². The van der Waals surface area contributed by atoms with Crippen molar-refractivity contribution in [3.8, 4) is 11.8 Å². The molecule has 6 nitrogen and oxygen atoms in total. The molecule has 1 heterocycles. The SMILES string of the molecule is Cc1cc(C)[n+](-c2ccccc2C#N)c(C)c1.[O-][Cl+3]([O-])([O-])[O-]. The highest BCUT2D eigenvalue weighted by Crippen LogP contribution is 2.11. The van der Waals surface area contributed by atoms with Crippen LogP contribution in [0.3, 0.4) is 0 Å². The standard InChI is InChI=1S/C15H15N2.ClHO4/c1-11-8-12(2)17(13(3)9-11)15-7-5-4-6-14(15)10-16;2-1(3,4)5/h4-9H,1-3H3;(H,2,3,4,5)/q+1;/p-1. The van der Waals surface area contributed by atoms with Gasteiger partial charge in [-0.05, 0) is 18.6 Å². The van der Waals surface area contributed by atoms with E-state index in [1.807, 2.05) is 24.3 Å². The van der Waals surface area contributed by atoms with E-state index in [0.29, 0.717) is 5.56 Å². The molecule has 0 radical (unpaired) electrons. The largest absolute Gasteiger partial charge is 0.228 e. The number of hydrogen-bond donors (Lipinski definition) is 0. The number of nitriles is 1. The molecule has 1 aromatic carbocycles. The summed E-state index contributed by atoms with van der Waals surface area (Å²) >= 11 is 0. The van der Waals surface area contributed by atoms with E-state index in [1.165, 1.54) is 5.56 Å². The predicted molar refractivity (Wildman–Crippen MR) is 66.9 cm³/mol. The lowest BCUT2D eigenvalue weighted by Gasteiger charge is -2.17. The van der Waals surface area contributed by atoms with Gasteiger partial charge in [0.15, 0.2) is 11.4 Å². The normalized spacial score (nSPS) is 10.5. The minimum absolute atomic E-state index is 0.701. The van der Waals surface area contributed by atoms with Crippen LogP contribution in [0.25, 0.3) is 5.69 Å². The van der Waals surface area contributed by atoms with Crippen LogP contribution in [0.15, 0.2) is 36.4 Å². The van der Waals surface area contributed by atoms with Gasteiger partial charge < -0.3 is 0 Å². The van der Waals surface area contributed by atoms with E-state index in [9.17, 15) is 0 Å². The lowest BCUT2D eigenvalue weighted by Crippen LogP contribution is -2.68. The van der Waals surface area contributed by atoms with Crippen LogP contribution in [0, 0.1) is 42.3 Å². The van der Waals surface area contributed by atoms with Gasteiger partial charge in [-0.3, -0.25) is 0 Å². The van der Waals surface area contributed by atoms with Gasteiger partial charge in [-0.25, -0.2) is 18.6 Å². The van der Waals surface area contributed by atoms with Gasteiger partial charge in [0, 0.05) is 32.0 Å². The summed E-state index contributed by atoms with van der Waals surface area (Å²) in [4.78, 5) is 0. The quantitative estimate of drug-likeness (QED) is 0.563. The molecule has 0 fully saturated rings. The van der Waals surface area contributed by atoms with E-state index in [4.69, 9.17) is 23.9 Å². The molecule has 0 N–H and O–H groups in total. The molecule has 22 heavy (non-hydrogen) atoms. The molecule has 0 bridgehead atoms. The molecular weight excluding hydrogens is 308 g/mol. The zero-order chi connectivity index (χ0) is 16.9. The summed E-state index contributed by atoms with van der Waals surface area (Å²) < 4.78 is 36.1. The number of halogens is 1. The lowest BCUT2D eigenvalue weighted by molar-refractivity contribution is -2.00.